The van der Waals surface area contributed by atoms with Gasteiger partial charge < -0.3 is 14.1 Å². The van der Waals surface area contributed by atoms with Crippen LogP contribution in [0.15, 0.2) is 4.42 Å². The summed E-state index contributed by atoms with van der Waals surface area (Å²) in [7, 11) is 0. The second-order valence-electron chi connectivity index (χ2n) is 7.78. The predicted molar refractivity (Wildman–Crippen MR) is 121 cm³/mol. The molecule has 5 aromatic rings. The zero-order valence-electron chi connectivity index (χ0n) is 19.9. The minimum Gasteiger partial charge on any atom is -0.394 e. The standard InChI is InChI=1S/C24F8N10O/c1-35-19-20(36-2)41-24-22(40-19)42-23(43-24)21-38-17(7-13(29)9(25)5(3-33)10(26)14(7)30)37-18(39-21)8-15(31)11(27)6(4-34)12(28)16(8)32. The molecule has 0 aliphatic carbocycles. The molecular weight excluding hydrogens is 596 g/mol. The summed E-state index contributed by atoms with van der Waals surface area (Å²) in [5.41, 5.74) is -7.94. The van der Waals surface area contributed by atoms with Gasteiger partial charge in [-0.2, -0.15) is 15.5 Å². The Hall–Kier alpha value is -6.60. The monoisotopic (exact) mass is 596 g/mol. The minimum absolute atomic E-state index is 0.488. The summed E-state index contributed by atoms with van der Waals surface area (Å²) in [6.45, 7) is 14.1. The van der Waals surface area contributed by atoms with E-state index in [1.807, 2.05) is 0 Å². The van der Waals surface area contributed by atoms with Crippen LogP contribution in [0, 0.1) is 82.3 Å². The van der Waals surface area contributed by atoms with E-state index < -0.39 is 115 Å². The average molecular weight is 596 g/mol. The number of oxazole rings is 1. The van der Waals surface area contributed by atoms with Crippen LogP contribution in [0.5, 0.6) is 0 Å². The van der Waals surface area contributed by atoms with Crippen LogP contribution in [-0.2, 0) is 0 Å². The molecule has 0 aliphatic rings. The highest BCUT2D eigenvalue weighted by atomic mass is 19.2. The van der Waals surface area contributed by atoms with Crippen LogP contribution >= 0.6 is 0 Å². The Morgan fingerprint density at radius 1 is 0.535 bits per heavy atom. The first kappa shape index (κ1) is 27.9. The number of hydrogen-bond acceptors (Lipinski definition) is 9. The Morgan fingerprint density at radius 2 is 0.930 bits per heavy atom. The van der Waals surface area contributed by atoms with Gasteiger partial charge in [0, 0.05) is 0 Å². The van der Waals surface area contributed by atoms with Gasteiger partial charge in [0.05, 0.1) is 11.1 Å². The molecule has 3 aromatic heterocycles. The molecule has 0 saturated heterocycles. The van der Waals surface area contributed by atoms with E-state index in [-0.39, 0.29) is 0 Å². The fourth-order valence-corrected chi connectivity index (χ4v) is 3.54. The van der Waals surface area contributed by atoms with Crippen molar-refractivity contribution in [2.24, 2.45) is 0 Å². The van der Waals surface area contributed by atoms with Crippen molar-refractivity contribution in [3.63, 3.8) is 0 Å². The van der Waals surface area contributed by atoms with Crippen molar-refractivity contribution in [3.05, 3.63) is 80.5 Å². The van der Waals surface area contributed by atoms with Crippen LogP contribution in [0.3, 0.4) is 0 Å². The summed E-state index contributed by atoms with van der Waals surface area (Å²) in [4.78, 5) is 27.5. The van der Waals surface area contributed by atoms with E-state index in [9.17, 15) is 35.1 Å². The minimum atomic E-state index is -2.26. The molecule has 0 fully saturated rings. The van der Waals surface area contributed by atoms with Crippen LogP contribution < -0.4 is 0 Å². The van der Waals surface area contributed by atoms with Crippen LogP contribution in [0.2, 0.25) is 0 Å². The number of benzene rings is 2. The molecule has 5 rings (SSSR count). The van der Waals surface area contributed by atoms with Crippen molar-refractivity contribution in [2.45, 2.75) is 0 Å². The maximum Gasteiger partial charge on any atom is 0.387 e. The van der Waals surface area contributed by atoms with E-state index in [2.05, 4.69) is 39.6 Å². The average Bonchev–Trinajstić information content (AvgIpc) is 3.42. The lowest BCUT2D eigenvalue weighted by Gasteiger charge is -2.11. The predicted octanol–water partition coefficient (Wildman–Crippen LogP) is 5.76. The number of nitrogens with zero attached hydrogens (tertiary/aromatic N) is 10. The smallest absolute Gasteiger partial charge is 0.387 e. The van der Waals surface area contributed by atoms with Gasteiger partial charge in [0.25, 0.3) is 17.5 Å². The molecule has 0 radical (unpaired) electrons. The van der Waals surface area contributed by atoms with Gasteiger partial charge in [0.1, 0.15) is 23.3 Å². The molecule has 0 unspecified atom stereocenters. The van der Waals surface area contributed by atoms with Gasteiger partial charge in [-0.15, -0.1) is 4.98 Å². The molecule has 0 saturated carbocycles. The maximum atomic E-state index is 14.9. The largest absolute Gasteiger partial charge is 0.394 e. The van der Waals surface area contributed by atoms with E-state index in [0.29, 0.717) is 0 Å². The van der Waals surface area contributed by atoms with Crippen LogP contribution in [0.25, 0.3) is 55.5 Å². The lowest BCUT2D eigenvalue weighted by Crippen LogP contribution is -2.10. The molecule has 0 amide bonds. The number of nitriles is 2. The zero-order chi connectivity index (χ0) is 31.3. The van der Waals surface area contributed by atoms with Gasteiger partial charge in [-0.3, -0.25) is 0 Å². The highest BCUT2D eigenvalue weighted by molar-refractivity contribution is 5.76. The summed E-state index contributed by atoms with van der Waals surface area (Å²) in [6, 6.07) is 1.79. The summed E-state index contributed by atoms with van der Waals surface area (Å²) in [5, 5.41) is 17.7. The molecule has 208 valence electrons. The zero-order valence-corrected chi connectivity index (χ0v) is 19.9. The Bertz CT molecular complexity index is 2030. The topological polar surface area (TPSA) is 147 Å². The first-order valence-corrected chi connectivity index (χ1v) is 10.7. The summed E-state index contributed by atoms with van der Waals surface area (Å²) >= 11 is 0. The quantitative estimate of drug-likeness (QED) is 0.144. The molecule has 0 spiro atoms. The highest BCUT2D eigenvalue weighted by Crippen LogP contribution is 2.36. The summed E-state index contributed by atoms with van der Waals surface area (Å²) < 4.78 is 123. The molecule has 0 bridgehead atoms. The van der Waals surface area contributed by atoms with Crippen LogP contribution in [-0.4, -0.2) is 29.9 Å². The Kier molecular flexibility index (Phi) is 6.56. The number of aromatic nitrogens is 6. The van der Waals surface area contributed by atoms with E-state index in [1.54, 1.807) is 0 Å². The van der Waals surface area contributed by atoms with Gasteiger partial charge >= 0.3 is 11.4 Å². The SMILES string of the molecule is [C-]#[N+]c1nc2nc(-c3nc(-c4c(F)c(F)c(C#N)c(F)c4F)nc(-c4c(F)c(F)c(C#N)c(F)c4F)n3)oc2nc1[N+]#[C-]. The van der Waals surface area contributed by atoms with Gasteiger partial charge in [-0.25, -0.2) is 50.1 Å². The van der Waals surface area contributed by atoms with Crippen molar-refractivity contribution >= 4 is 23.0 Å². The first-order valence-electron chi connectivity index (χ1n) is 10.7. The third-order valence-electron chi connectivity index (χ3n) is 5.45. The Labute approximate surface area is 230 Å². The van der Waals surface area contributed by atoms with Gasteiger partial charge in [0.15, 0.2) is 58.2 Å². The number of hydrogen-bond donors (Lipinski definition) is 0. The fourth-order valence-electron chi connectivity index (χ4n) is 3.54. The van der Waals surface area contributed by atoms with Crippen molar-refractivity contribution in [3.8, 4) is 46.6 Å². The maximum absolute atomic E-state index is 14.9. The van der Waals surface area contributed by atoms with Crippen molar-refractivity contribution in [1.29, 1.82) is 10.5 Å². The molecule has 0 N–H and O–H groups in total. The van der Waals surface area contributed by atoms with Crippen molar-refractivity contribution in [2.75, 3.05) is 0 Å². The first-order chi connectivity index (χ1) is 20.5. The molecule has 0 aliphatic heterocycles. The fraction of sp³-hybridized carbons (Fsp3) is 0. The van der Waals surface area contributed by atoms with Gasteiger partial charge in [-0.1, -0.05) is 18.1 Å². The summed E-state index contributed by atoms with van der Waals surface area (Å²) in [5.74, 6) is -23.9. The molecular formula is C24F8N10O. The molecule has 2 aromatic carbocycles. The second-order valence-corrected chi connectivity index (χ2v) is 7.78. The molecule has 19 heteroatoms. The van der Waals surface area contributed by atoms with Crippen LogP contribution in [0.4, 0.5) is 46.8 Å². The lowest BCUT2D eigenvalue weighted by atomic mass is 10.1. The molecule has 0 atom stereocenters. The van der Waals surface area contributed by atoms with Crippen molar-refractivity contribution < 1.29 is 39.5 Å². The molecule has 3 heterocycles. The lowest BCUT2D eigenvalue weighted by molar-refractivity contribution is 0.452. The Morgan fingerprint density at radius 3 is 1.33 bits per heavy atom. The number of halogens is 8. The van der Waals surface area contributed by atoms with E-state index in [0.717, 1.165) is 12.1 Å². The highest BCUT2D eigenvalue weighted by Gasteiger charge is 2.33. The second kappa shape index (κ2) is 10.1. The third kappa shape index (κ3) is 4.16. The van der Waals surface area contributed by atoms with Gasteiger partial charge in [0.2, 0.25) is 5.82 Å². The molecule has 11 nitrogen and oxygen atoms in total. The van der Waals surface area contributed by atoms with E-state index >= 15 is 0 Å². The van der Waals surface area contributed by atoms with E-state index in [1.165, 1.54) is 0 Å². The molecule has 43 heavy (non-hydrogen) atoms. The van der Waals surface area contributed by atoms with Crippen LogP contribution in [0.1, 0.15) is 11.1 Å². The normalized spacial score (nSPS) is 10.7. The third-order valence-corrected chi connectivity index (χ3v) is 5.45. The number of rotatable bonds is 3. The Balaban J connectivity index is 1.89. The summed E-state index contributed by atoms with van der Waals surface area (Å²) in [6.07, 6.45) is 0. The van der Waals surface area contributed by atoms with Crippen molar-refractivity contribution in [1.82, 2.24) is 29.9 Å². The van der Waals surface area contributed by atoms with Gasteiger partial charge in [-0.05, 0) is 0 Å². The van der Waals surface area contributed by atoms with E-state index in [4.69, 9.17) is 28.1 Å². The number of fused-ring (bicyclic) bond motifs is 1.